The van der Waals surface area contributed by atoms with Crippen molar-refractivity contribution in [3.8, 4) is 23.4 Å². The van der Waals surface area contributed by atoms with Crippen LogP contribution in [0.5, 0.6) is 0 Å². The molecule has 1 amide bonds. The molecule has 0 radical (unpaired) electrons. The number of benzene rings is 1. The maximum absolute atomic E-state index is 13.2. The van der Waals surface area contributed by atoms with E-state index in [0.29, 0.717) is 43.5 Å². The smallest absolute Gasteiger partial charge is 0.278 e. The number of oxazole rings is 1. The van der Waals surface area contributed by atoms with E-state index >= 15 is 0 Å². The maximum atomic E-state index is 13.2. The Morgan fingerprint density at radius 2 is 1.85 bits per heavy atom. The summed E-state index contributed by atoms with van der Waals surface area (Å²) < 4.78 is 12.7. The standard InChI is InChI=1S/C24H20N6O4/c1-16-14-19(31)21(27-30(16)17-6-3-2-4-7-17)23(32)28-9-11-29(12-10-28)24-18(15-25)26-22(34-24)20-8-5-13-33-20/h2-8,13-14H,9-12H2,1H3. The van der Waals surface area contributed by atoms with Gasteiger partial charge in [0.15, 0.2) is 11.5 Å². The number of para-hydroxylation sites is 1. The highest BCUT2D eigenvalue weighted by Crippen LogP contribution is 2.29. The van der Waals surface area contributed by atoms with Crippen molar-refractivity contribution < 1.29 is 13.6 Å². The van der Waals surface area contributed by atoms with Gasteiger partial charge in [0.25, 0.3) is 11.8 Å². The summed E-state index contributed by atoms with van der Waals surface area (Å²) in [5.74, 6) is 0.557. The molecule has 4 aromatic rings. The molecule has 1 aliphatic rings. The van der Waals surface area contributed by atoms with E-state index in [2.05, 4.69) is 10.1 Å². The average molecular weight is 456 g/mol. The van der Waals surface area contributed by atoms with Gasteiger partial charge in [0.05, 0.1) is 12.0 Å². The summed E-state index contributed by atoms with van der Waals surface area (Å²) in [4.78, 5) is 33.4. The van der Waals surface area contributed by atoms with Gasteiger partial charge in [0.2, 0.25) is 17.0 Å². The van der Waals surface area contributed by atoms with Crippen LogP contribution in [0.4, 0.5) is 5.88 Å². The van der Waals surface area contributed by atoms with E-state index in [-0.39, 0.29) is 17.3 Å². The quantitative estimate of drug-likeness (QED) is 0.459. The lowest BCUT2D eigenvalue weighted by Crippen LogP contribution is -2.50. The van der Waals surface area contributed by atoms with Gasteiger partial charge in [-0.25, -0.2) is 4.68 Å². The highest BCUT2D eigenvalue weighted by atomic mass is 16.4. The summed E-state index contributed by atoms with van der Waals surface area (Å²) in [7, 11) is 0. The molecule has 170 valence electrons. The Kier molecular flexibility index (Phi) is 5.43. The van der Waals surface area contributed by atoms with Gasteiger partial charge in [0, 0.05) is 37.9 Å². The van der Waals surface area contributed by atoms with Gasteiger partial charge < -0.3 is 18.6 Å². The topological polar surface area (TPSA) is 121 Å². The molecule has 0 saturated carbocycles. The van der Waals surface area contributed by atoms with E-state index in [1.54, 1.807) is 28.6 Å². The van der Waals surface area contributed by atoms with Gasteiger partial charge in [-0.05, 0) is 31.2 Å². The number of aromatic nitrogens is 3. The van der Waals surface area contributed by atoms with Crippen LogP contribution in [-0.4, -0.2) is 51.8 Å². The van der Waals surface area contributed by atoms with Gasteiger partial charge in [-0.1, -0.05) is 18.2 Å². The Labute approximate surface area is 194 Å². The SMILES string of the molecule is Cc1cc(=O)c(C(=O)N2CCN(c3oc(-c4ccco4)nc3C#N)CC2)nn1-c1ccccc1. The van der Waals surface area contributed by atoms with Crippen LogP contribution in [0.1, 0.15) is 21.9 Å². The number of piperazine rings is 1. The lowest BCUT2D eigenvalue weighted by atomic mass is 10.2. The van der Waals surface area contributed by atoms with Crippen molar-refractivity contribution in [2.24, 2.45) is 0 Å². The van der Waals surface area contributed by atoms with Crippen LogP contribution < -0.4 is 10.3 Å². The normalized spacial score (nSPS) is 13.6. The van der Waals surface area contributed by atoms with Gasteiger partial charge in [0.1, 0.15) is 6.07 Å². The van der Waals surface area contributed by atoms with E-state index < -0.39 is 11.3 Å². The third kappa shape index (κ3) is 3.84. The zero-order valence-corrected chi connectivity index (χ0v) is 18.3. The van der Waals surface area contributed by atoms with Crippen LogP contribution in [0.2, 0.25) is 0 Å². The molecule has 5 rings (SSSR count). The van der Waals surface area contributed by atoms with Crippen LogP contribution in [0, 0.1) is 18.3 Å². The second-order valence-corrected chi connectivity index (χ2v) is 7.79. The van der Waals surface area contributed by atoms with Crippen LogP contribution in [0.25, 0.3) is 17.3 Å². The molecule has 10 heteroatoms. The lowest BCUT2D eigenvalue weighted by molar-refractivity contribution is 0.0736. The average Bonchev–Trinajstić information content (AvgIpc) is 3.54. The summed E-state index contributed by atoms with van der Waals surface area (Å²) in [6.45, 7) is 3.26. The first kappa shape index (κ1) is 21.2. The third-order valence-electron chi connectivity index (χ3n) is 5.61. The molecule has 0 unspecified atom stereocenters. The van der Waals surface area contributed by atoms with Gasteiger partial charge in [-0.3, -0.25) is 9.59 Å². The number of carbonyl (C=O) groups excluding carboxylic acids is 1. The third-order valence-corrected chi connectivity index (χ3v) is 5.61. The molecular weight excluding hydrogens is 436 g/mol. The summed E-state index contributed by atoms with van der Waals surface area (Å²) >= 11 is 0. The van der Waals surface area contributed by atoms with Crippen LogP contribution in [0.3, 0.4) is 0 Å². The van der Waals surface area contributed by atoms with Crippen LogP contribution >= 0.6 is 0 Å². The van der Waals surface area contributed by atoms with Crippen molar-refractivity contribution in [1.29, 1.82) is 5.26 Å². The molecule has 1 aromatic carbocycles. The molecule has 10 nitrogen and oxygen atoms in total. The number of hydrogen-bond acceptors (Lipinski definition) is 8. The molecule has 0 N–H and O–H groups in total. The number of rotatable bonds is 4. The summed E-state index contributed by atoms with van der Waals surface area (Å²) in [5, 5.41) is 13.9. The minimum Gasteiger partial charge on any atom is -0.459 e. The minimum atomic E-state index is -0.427. The summed E-state index contributed by atoms with van der Waals surface area (Å²) in [6.07, 6.45) is 1.50. The maximum Gasteiger partial charge on any atom is 0.278 e. The van der Waals surface area contributed by atoms with Crippen molar-refractivity contribution in [3.05, 3.63) is 82.1 Å². The Morgan fingerprint density at radius 3 is 2.53 bits per heavy atom. The number of amides is 1. The van der Waals surface area contributed by atoms with Crippen LogP contribution in [0.15, 0.2) is 68.4 Å². The van der Waals surface area contributed by atoms with Crippen molar-refractivity contribution >= 4 is 11.8 Å². The lowest BCUT2D eigenvalue weighted by Gasteiger charge is -2.34. The Bertz CT molecular complexity index is 1420. The highest BCUT2D eigenvalue weighted by molar-refractivity contribution is 5.92. The van der Waals surface area contributed by atoms with E-state index in [9.17, 15) is 14.9 Å². The zero-order chi connectivity index (χ0) is 23.7. The fourth-order valence-corrected chi connectivity index (χ4v) is 3.89. The second kappa shape index (κ2) is 8.71. The molecule has 1 fully saturated rings. The van der Waals surface area contributed by atoms with Crippen LogP contribution in [-0.2, 0) is 0 Å². The Balaban J connectivity index is 1.35. The van der Waals surface area contributed by atoms with Crippen molar-refractivity contribution in [3.63, 3.8) is 0 Å². The number of furan rings is 1. The first-order chi connectivity index (χ1) is 16.5. The molecule has 1 aliphatic heterocycles. The van der Waals surface area contributed by atoms with E-state index in [1.807, 2.05) is 41.3 Å². The number of aryl methyl sites for hydroxylation is 1. The monoisotopic (exact) mass is 456 g/mol. The zero-order valence-electron chi connectivity index (χ0n) is 18.3. The van der Waals surface area contributed by atoms with Crippen molar-refractivity contribution in [2.75, 3.05) is 31.1 Å². The molecule has 34 heavy (non-hydrogen) atoms. The minimum absolute atomic E-state index is 0.125. The van der Waals surface area contributed by atoms with Gasteiger partial charge in [-0.2, -0.15) is 15.3 Å². The number of anilines is 1. The molecule has 0 bridgehead atoms. The molecule has 0 atom stereocenters. The predicted octanol–water partition coefficient (Wildman–Crippen LogP) is 2.62. The van der Waals surface area contributed by atoms with Gasteiger partial charge in [-0.15, -0.1) is 0 Å². The summed E-state index contributed by atoms with van der Waals surface area (Å²) in [5.41, 5.74) is 1.01. The second-order valence-electron chi connectivity index (χ2n) is 7.79. The fraction of sp³-hybridized carbons (Fsp3) is 0.208. The predicted molar refractivity (Wildman–Crippen MR) is 122 cm³/mol. The molecule has 0 spiro atoms. The molecule has 4 heterocycles. The Morgan fingerprint density at radius 1 is 1.09 bits per heavy atom. The van der Waals surface area contributed by atoms with Gasteiger partial charge >= 0.3 is 0 Å². The largest absolute Gasteiger partial charge is 0.459 e. The number of nitrogens with zero attached hydrogens (tertiary/aromatic N) is 6. The first-order valence-electron chi connectivity index (χ1n) is 10.7. The van der Waals surface area contributed by atoms with E-state index in [4.69, 9.17) is 8.83 Å². The fourth-order valence-electron chi connectivity index (χ4n) is 3.89. The molecule has 3 aromatic heterocycles. The molecular formula is C24H20N6O4. The Hall–Kier alpha value is -4.65. The van der Waals surface area contributed by atoms with E-state index in [0.717, 1.165) is 5.69 Å². The summed E-state index contributed by atoms with van der Waals surface area (Å²) in [6, 6.07) is 16.2. The molecule has 0 aliphatic carbocycles. The number of hydrogen-bond donors (Lipinski definition) is 0. The number of nitriles is 1. The van der Waals surface area contributed by atoms with E-state index in [1.165, 1.54) is 12.3 Å². The van der Waals surface area contributed by atoms with Crippen molar-refractivity contribution in [1.82, 2.24) is 19.7 Å². The van der Waals surface area contributed by atoms with Crippen molar-refractivity contribution in [2.45, 2.75) is 6.92 Å². The number of carbonyl (C=O) groups is 1. The molecule has 1 saturated heterocycles. The first-order valence-corrected chi connectivity index (χ1v) is 10.7. The highest BCUT2D eigenvalue weighted by Gasteiger charge is 2.29.